The van der Waals surface area contributed by atoms with Gasteiger partial charge in [-0.15, -0.1) is 11.3 Å². The van der Waals surface area contributed by atoms with Crippen molar-refractivity contribution in [2.75, 3.05) is 0 Å². The molecule has 1 amide bonds. The highest BCUT2D eigenvalue weighted by molar-refractivity contribution is 9.10. The SMILES string of the molecule is CC(C)C(Cn1nccn1)NC(=O)c1cc(Br)cs1. The molecule has 0 aromatic carbocycles. The Bertz CT molecular complexity index is 538. The number of carbonyl (C=O) groups is 1. The summed E-state index contributed by atoms with van der Waals surface area (Å²) in [7, 11) is 0. The maximum absolute atomic E-state index is 12.1. The number of nitrogens with zero attached hydrogens (tertiary/aromatic N) is 3. The lowest BCUT2D eigenvalue weighted by Gasteiger charge is -2.21. The lowest BCUT2D eigenvalue weighted by Crippen LogP contribution is -2.41. The van der Waals surface area contributed by atoms with Crippen molar-refractivity contribution in [1.82, 2.24) is 20.3 Å². The smallest absolute Gasteiger partial charge is 0.261 e. The van der Waals surface area contributed by atoms with Crippen LogP contribution in [-0.4, -0.2) is 26.9 Å². The molecule has 2 aromatic rings. The molecule has 102 valence electrons. The van der Waals surface area contributed by atoms with E-state index in [-0.39, 0.29) is 11.9 Å². The minimum atomic E-state index is -0.0541. The molecule has 1 unspecified atom stereocenters. The van der Waals surface area contributed by atoms with Crippen molar-refractivity contribution in [3.8, 4) is 0 Å². The summed E-state index contributed by atoms with van der Waals surface area (Å²) in [5, 5.41) is 13.1. The van der Waals surface area contributed by atoms with E-state index < -0.39 is 0 Å². The summed E-state index contributed by atoms with van der Waals surface area (Å²) in [6, 6.07) is 1.82. The predicted molar refractivity (Wildman–Crippen MR) is 78.1 cm³/mol. The van der Waals surface area contributed by atoms with Crippen molar-refractivity contribution < 1.29 is 4.79 Å². The summed E-state index contributed by atoms with van der Waals surface area (Å²) in [6.45, 7) is 4.71. The van der Waals surface area contributed by atoms with E-state index in [1.807, 2.05) is 11.4 Å². The first-order valence-electron chi connectivity index (χ1n) is 5.95. The van der Waals surface area contributed by atoms with Crippen LogP contribution in [0.5, 0.6) is 0 Å². The molecule has 2 aromatic heterocycles. The van der Waals surface area contributed by atoms with E-state index in [9.17, 15) is 4.79 Å². The number of carbonyl (C=O) groups excluding carboxylic acids is 1. The minimum absolute atomic E-state index is 0.000718. The molecule has 0 saturated heterocycles. The third kappa shape index (κ3) is 3.87. The molecule has 5 nitrogen and oxygen atoms in total. The maximum atomic E-state index is 12.1. The molecule has 0 spiro atoms. The van der Waals surface area contributed by atoms with Crippen molar-refractivity contribution in [3.63, 3.8) is 0 Å². The topological polar surface area (TPSA) is 59.8 Å². The largest absolute Gasteiger partial charge is 0.346 e. The number of amides is 1. The lowest BCUT2D eigenvalue weighted by molar-refractivity contribution is 0.0922. The van der Waals surface area contributed by atoms with E-state index in [2.05, 4.69) is 45.3 Å². The second-order valence-electron chi connectivity index (χ2n) is 4.54. The number of thiophene rings is 1. The van der Waals surface area contributed by atoms with Gasteiger partial charge in [0, 0.05) is 9.85 Å². The van der Waals surface area contributed by atoms with Gasteiger partial charge in [0.1, 0.15) is 0 Å². The third-order valence-corrected chi connectivity index (χ3v) is 4.43. The van der Waals surface area contributed by atoms with Gasteiger partial charge in [0.15, 0.2) is 0 Å². The third-order valence-electron chi connectivity index (χ3n) is 2.74. The van der Waals surface area contributed by atoms with Gasteiger partial charge in [0.25, 0.3) is 5.91 Å². The number of aromatic nitrogens is 3. The van der Waals surface area contributed by atoms with Gasteiger partial charge >= 0.3 is 0 Å². The van der Waals surface area contributed by atoms with Crippen LogP contribution in [0.3, 0.4) is 0 Å². The van der Waals surface area contributed by atoms with Gasteiger partial charge in [0.2, 0.25) is 0 Å². The first-order valence-corrected chi connectivity index (χ1v) is 7.62. The Balaban J connectivity index is 2.02. The summed E-state index contributed by atoms with van der Waals surface area (Å²) < 4.78 is 0.928. The highest BCUT2D eigenvalue weighted by Gasteiger charge is 2.19. The number of rotatable bonds is 5. The Kier molecular flexibility index (Phi) is 4.71. The molecule has 0 saturated carbocycles. The van der Waals surface area contributed by atoms with Crippen LogP contribution in [0.2, 0.25) is 0 Å². The zero-order chi connectivity index (χ0) is 13.8. The molecule has 0 bridgehead atoms. The molecule has 2 rings (SSSR count). The molecule has 0 fully saturated rings. The summed E-state index contributed by atoms with van der Waals surface area (Å²) in [5.41, 5.74) is 0. The van der Waals surface area contributed by atoms with Crippen LogP contribution in [0.4, 0.5) is 0 Å². The molecule has 1 atom stereocenters. The molecular formula is C12H15BrN4OS. The monoisotopic (exact) mass is 342 g/mol. The van der Waals surface area contributed by atoms with Crippen molar-refractivity contribution in [1.29, 1.82) is 0 Å². The van der Waals surface area contributed by atoms with E-state index in [0.717, 1.165) is 4.47 Å². The average Bonchev–Trinajstić information content (AvgIpc) is 2.99. The molecule has 7 heteroatoms. The van der Waals surface area contributed by atoms with Crippen LogP contribution in [0.25, 0.3) is 0 Å². The maximum Gasteiger partial charge on any atom is 0.261 e. The highest BCUT2D eigenvalue weighted by Crippen LogP contribution is 2.20. The van der Waals surface area contributed by atoms with E-state index >= 15 is 0 Å². The first-order chi connectivity index (χ1) is 9.06. The second-order valence-corrected chi connectivity index (χ2v) is 6.36. The van der Waals surface area contributed by atoms with Gasteiger partial charge in [-0.3, -0.25) is 4.79 Å². The van der Waals surface area contributed by atoms with E-state index in [1.54, 1.807) is 17.2 Å². The number of nitrogens with one attached hydrogen (secondary N) is 1. The van der Waals surface area contributed by atoms with E-state index in [0.29, 0.717) is 17.3 Å². The van der Waals surface area contributed by atoms with Crippen LogP contribution < -0.4 is 5.32 Å². The van der Waals surface area contributed by atoms with Crippen LogP contribution in [0.15, 0.2) is 28.3 Å². The summed E-state index contributed by atoms with van der Waals surface area (Å²) in [4.78, 5) is 14.4. The second kappa shape index (κ2) is 6.29. The quantitative estimate of drug-likeness (QED) is 0.908. The van der Waals surface area contributed by atoms with Crippen molar-refractivity contribution in [2.24, 2.45) is 5.92 Å². The molecule has 0 radical (unpaired) electrons. The minimum Gasteiger partial charge on any atom is -0.346 e. The van der Waals surface area contributed by atoms with Gasteiger partial charge < -0.3 is 5.32 Å². The summed E-state index contributed by atoms with van der Waals surface area (Å²) >= 11 is 4.77. The highest BCUT2D eigenvalue weighted by atomic mass is 79.9. The predicted octanol–water partition coefficient (Wildman–Crippen LogP) is 2.56. The molecule has 0 aliphatic rings. The number of halogens is 1. The Morgan fingerprint density at radius 1 is 1.47 bits per heavy atom. The Morgan fingerprint density at radius 2 is 2.16 bits per heavy atom. The fraction of sp³-hybridized carbons (Fsp3) is 0.417. The molecular weight excluding hydrogens is 328 g/mol. The van der Waals surface area contributed by atoms with Gasteiger partial charge in [-0.05, 0) is 27.9 Å². The zero-order valence-corrected chi connectivity index (χ0v) is 13.1. The number of hydrogen-bond donors (Lipinski definition) is 1. The summed E-state index contributed by atoms with van der Waals surface area (Å²) in [6.07, 6.45) is 3.27. The Hall–Kier alpha value is -1.21. The standard InChI is InChI=1S/C12H15BrN4OS/c1-8(2)10(6-17-14-3-4-15-17)16-12(18)11-5-9(13)7-19-11/h3-5,7-8,10H,6H2,1-2H3,(H,16,18). The van der Waals surface area contributed by atoms with Crippen LogP contribution in [0.1, 0.15) is 23.5 Å². The Labute approximate surface area is 124 Å². The van der Waals surface area contributed by atoms with Gasteiger partial charge in [-0.1, -0.05) is 13.8 Å². The molecule has 2 heterocycles. The van der Waals surface area contributed by atoms with E-state index in [4.69, 9.17) is 0 Å². The summed E-state index contributed by atoms with van der Waals surface area (Å²) in [5.74, 6) is 0.250. The van der Waals surface area contributed by atoms with Crippen LogP contribution in [-0.2, 0) is 6.54 Å². The zero-order valence-electron chi connectivity index (χ0n) is 10.7. The Morgan fingerprint density at radius 3 is 2.68 bits per heavy atom. The molecule has 0 aliphatic heterocycles. The van der Waals surface area contributed by atoms with Crippen LogP contribution in [0, 0.1) is 5.92 Å². The normalized spacial score (nSPS) is 12.6. The van der Waals surface area contributed by atoms with E-state index in [1.165, 1.54) is 11.3 Å². The fourth-order valence-corrected chi connectivity index (χ4v) is 2.94. The number of hydrogen-bond acceptors (Lipinski definition) is 4. The lowest BCUT2D eigenvalue weighted by atomic mass is 10.0. The van der Waals surface area contributed by atoms with Crippen LogP contribution >= 0.6 is 27.3 Å². The van der Waals surface area contributed by atoms with Gasteiger partial charge in [0.05, 0.1) is 29.9 Å². The molecule has 1 N–H and O–H groups in total. The van der Waals surface area contributed by atoms with Crippen molar-refractivity contribution >= 4 is 33.2 Å². The van der Waals surface area contributed by atoms with Gasteiger partial charge in [-0.25, -0.2) is 0 Å². The fourth-order valence-electron chi connectivity index (χ4n) is 1.61. The molecule has 0 aliphatic carbocycles. The van der Waals surface area contributed by atoms with Gasteiger partial charge in [-0.2, -0.15) is 15.0 Å². The molecule has 19 heavy (non-hydrogen) atoms. The average molecular weight is 343 g/mol. The first kappa shape index (κ1) is 14.2. The van der Waals surface area contributed by atoms with Crippen molar-refractivity contribution in [2.45, 2.75) is 26.4 Å². The van der Waals surface area contributed by atoms with Crippen molar-refractivity contribution in [3.05, 3.63) is 33.2 Å².